The number of unbranched alkanes of at least 4 members (excludes halogenated alkanes) is 6. The molecule has 19 heavy (non-hydrogen) atoms. The van der Waals surface area contributed by atoms with E-state index in [4.69, 9.17) is 4.74 Å². The second-order valence-electron chi connectivity index (χ2n) is 5.22. The quantitative estimate of drug-likeness (QED) is 0.258. The monoisotopic (exact) mass is 268 g/mol. The Morgan fingerprint density at radius 2 is 1.68 bits per heavy atom. The van der Waals surface area contributed by atoms with E-state index in [0.29, 0.717) is 6.61 Å². The number of hydrogen-bond donors (Lipinski definition) is 0. The average Bonchev–Trinajstić information content (AvgIpc) is 2.41. The van der Waals surface area contributed by atoms with Crippen LogP contribution >= 0.6 is 0 Å². The van der Waals surface area contributed by atoms with Gasteiger partial charge in [-0.2, -0.15) is 0 Å². The second-order valence-corrected chi connectivity index (χ2v) is 5.22. The van der Waals surface area contributed by atoms with Gasteiger partial charge in [0.1, 0.15) is 0 Å². The van der Waals surface area contributed by atoms with Gasteiger partial charge in [-0.05, 0) is 32.6 Å². The van der Waals surface area contributed by atoms with E-state index in [2.05, 4.69) is 13.5 Å². The van der Waals surface area contributed by atoms with Gasteiger partial charge in [-0.15, -0.1) is 6.58 Å². The highest BCUT2D eigenvalue weighted by Crippen LogP contribution is 2.19. The zero-order valence-corrected chi connectivity index (χ0v) is 13.0. The molecule has 0 aromatic carbocycles. The van der Waals surface area contributed by atoms with E-state index in [0.717, 1.165) is 38.5 Å². The maximum absolute atomic E-state index is 11.9. The van der Waals surface area contributed by atoms with Crippen LogP contribution in [-0.4, -0.2) is 12.6 Å². The fraction of sp³-hybridized carbons (Fsp3) is 0.824. The largest absolute Gasteiger partial charge is 0.466 e. The third kappa shape index (κ3) is 10.8. The predicted molar refractivity (Wildman–Crippen MR) is 82.2 cm³/mol. The SMILES string of the molecule is C=CCCCCC(CCCCCCC)C(=O)OCC. The van der Waals surface area contributed by atoms with Gasteiger partial charge in [0.05, 0.1) is 12.5 Å². The Hall–Kier alpha value is -0.790. The Balaban J connectivity index is 3.89. The van der Waals surface area contributed by atoms with Crippen LogP contribution in [0.1, 0.15) is 78.1 Å². The van der Waals surface area contributed by atoms with Crippen LogP contribution in [0.15, 0.2) is 12.7 Å². The molecule has 0 N–H and O–H groups in total. The van der Waals surface area contributed by atoms with Crippen molar-refractivity contribution in [1.29, 1.82) is 0 Å². The Kier molecular flexibility index (Phi) is 13.1. The molecule has 0 spiro atoms. The number of allylic oxidation sites excluding steroid dienone is 1. The third-order valence-electron chi connectivity index (χ3n) is 3.49. The first-order valence-electron chi connectivity index (χ1n) is 8.03. The molecular formula is C17H32O2. The van der Waals surface area contributed by atoms with Crippen molar-refractivity contribution < 1.29 is 9.53 Å². The summed E-state index contributed by atoms with van der Waals surface area (Å²) in [5.74, 6) is 0.128. The topological polar surface area (TPSA) is 26.3 Å². The summed E-state index contributed by atoms with van der Waals surface area (Å²) >= 11 is 0. The third-order valence-corrected chi connectivity index (χ3v) is 3.49. The van der Waals surface area contributed by atoms with Gasteiger partial charge in [-0.25, -0.2) is 0 Å². The minimum Gasteiger partial charge on any atom is -0.466 e. The van der Waals surface area contributed by atoms with E-state index in [-0.39, 0.29) is 11.9 Å². The molecule has 0 heterocycles. The van der Waals surface area contributed by atoms with Gasteiger partial charge in [-0.1, -0.05) is 51.5 Å². The molecule has 0 aromatic heterocycles. The molecule has 0 saturated heterocycles. The van der Waals surface area contributed by atoms with E-state index >= 15 is 0 Å². The highest BCUT2D eigenvalue weighted by Gasteiger charge is 2.18. The fourth-order valence-electron chi connectivity index (χ4n) is 2.31. The van der Waals surface area contributed by atoms with Crippen molar-refractivity contribution >= 4 is 5.97 Å². The fourth-order valence-corrected chi connectivity index (χ4v) is 2.31. The highest BCUT2D eigenvalue weighted by molar-refractivity contribution is 5.72. The van der Waals surface area contributed by atoms with Crippen LogP contribution in [-0.2, 0) is 9.53 Å². The van der Waals surface area contributed by atoms with Gasteiger partial charge in [0.25, 0.3) is 0 Å². The lowest BCUT2D eigenvalue weighted by Gasteiger charge is -2.15. The Morgan fingerprint density at radius 3 is 2.26 bits per heavy atom. The summed E-state index contributed by atoms with van der Waals surface area (Å²) in [4.78, 5) is 11.9. The molecule has 0 aromatic rings. The van der Waals surface area contributed by atoms with E-state index in [1.807, 2.05) is 13.0 Å². The minimum atomic E-state index is 0.0107. The van der Waals surface area contributed by atoms with Crippen molar-refractivity contribution in [1.82, 2.24) is 0 Å². The second kappa shape index (κ2) is 13.6. The molecule has 0 aliphatic carbocycles. The maximum Gasteiger partial charge on any atom is 0.308 e. The lowest BCUT2D eigenvalue weighted by molar-refractivity contribution is -0.148. The number of ether oxygens (including phenoxy) is 1. The molecule has 0 saturated carbocycles. The standard InChI is InChI=1S/C17H32O2/c1-4-7-9-11-13-15-16(17(18)19-6-3)14-12-10-8-5-2/h5,16H,2,4,6-15H2,1,3H3. The molecule has 0 bridgehead atoms. The molecule has 2 nitrogen and oxygen atoms in total. The molecule has 0 radical (unpaired) electrons. The predicted octanol–water partition coefficient (Wildman–Crippen LogP) is 5.27. The lowest BCUT2D eigenvalue weighted by atomic mass is 9.94. The summed E-state index contributed by atoms with van der Waals surface area (Å²) in [7, 11) is 0. The van der Waals surface area contributed by atoms with Gasteiger partial charge in [0, 0.05) is 0 Å². The Morgan fingerprint density at radius 1 is 1.05 bits per heavy atom. The van der Waals surface area contributed by atoms with Crippen molar-refractivity contribution in [3.63, 3.8) is 0 Å². The van der Waals surface area contributed by atoms with Gasteiger partial charge in [-0.3, -0.25) is 4.79 Å². The van der Waals surface area contributed by atoms with E-state index in [1.54, 1.807) is 0 Å². The van der Waals surface area contributed by atoms with Crippen LogP contribution in [0.5, 0.6) is 0 Å². The summed E-state index contributed by atoms with van der Waals surface area (Å²) in [6.07, 6.45) is 13.5. The van der Waals surface area contributed by atoms with Gasteiger partial charge < -0.3 is 4.74 Å². The number of carbonyl (C=O) groups excluding carboxylic acids is 1. The van der Waals surface area contributed by atoms with E-state index < -0.39 is 0 Å². The molecule has 112 valence electrons. The average molecular weight is 268 g/mol. The number of esters is 1. The number of carbonyl (C=O) groups is 1. The Bertz CT molecular complexity index is 223. The van der Waals surface area contributed by atoms with Crippen LogP contribution in [0.4, 0.5) is 0 Å². The first kappa shape index (κ1) is 18.2. The van der Waals surface area contributed by atoms with Gasteiger partial charge in [0.2, 0.25) is 0 Å². The van der Waals surface area contributed by atoms with Crippen LogP contribution in [0.2, 0.25) is 0 Å². The van der Waals surface area contributed by atoms with Crippen molar-refractivity contribution in [2.24, 2.45) is 5.92 Å². The molecule has 2 heteroatoms. The number of rotatable bonds is 13. The van der Waals surface area contributed by atoms with Crippen molar-refractivity contribution in [3.8, 4) is 0 Å². The van der Waals surface area contributed by atoms with Crippen LogP contribution < -0.4 is 0 Å². The van der Waals surface area contributed by atoms with Crippen LogP contribution in [0.3, 0.4) is 0 Å². The molecular weight excluding hydrogens is 236 g/mol. The van der Waals surface area contributed by atoms with Gasteiger partial charge in [0.15, 0.2) is 0 Å². The zero-order chi connectivity index (χ0) is 14.3. The van der Waals surface area contributed by atoms with Crippen molar-refractivity contribution in [3.05, 3.63) is 12.7 Å². The Labute approximate surface area is 119 Å². The molecule has 1 unspecified atom stereocenters. The molecule has 0 aliphatic rings. The van der Waals surface area contributed by atoms with Crippen LogP contribution in [0, 0.1) is 5.92 Å². The summed E-state index contributed by atoms with van der Waals surface area (Å²) in [5, 5.41) is 0. The first-order valence-corrected chi connectivity index (χ1v) is 8.03. The summed E-state index contributed by atoms with van der Waals surface area (Å²) in [6.45, 7) is 8.33. The molecule has 0 rings (SSSR count). The number of hydrogen-bond acceptors (Lipinski definition) is 2. The zero-order valence-electron chi connectivity index (χ0n) is 13.0. The first-order chi connectivity index (χ1) is 9.26. The minimum absolute atomic E-state index is 0.0107. The van der Waals surface area contributed by atoms with E-state index in [1.165, 1.54) is 25.7 Å². The summed E-state index contributed by atoms with van der Waals surface area (Å²) in [5.41, 5.74) is 0. The van der Waals surface area contributed by atoms with Crippen LogP contribution in [0.25, 0.3) is 0 Å². The smallest absolute Gasteiger partial charge is 0.308 e. The molecule has 0 aliphatic heterocycles. The molecule has 0 amide bonds. The van der Waals surface area contributed by atoms with Crippen molar-refractivity contribution in [2.75, 3.05) is 6.61 Å². The molecule has 1 atom stereocenters. The normalized spacial score (nSPS) is 12.1. The highest BCUT2D eigenvalue weighted by atomic mass is 16.5. The maximum atomic E-state index is 11.9. The van der Waals surface area contributed by atoms with E-state index in [9.17, 15) is 4.79 Å². The lowest BCUT2D eigenvalue weighted by Crippen LogP contribution is -2.18. The summed E-state index contributed by atoms with van der Waals surface area (Å²) in [6, 6.07) is 0. The molecule has 0 fully saturated rings. The van der Waals surface area contributed by atoms with Crippen molar-refractivity contribution in [2.45, 2.75) is 78.1 Å². The summed E-state index contributed by atoms with van der Waals surface area (Å²) < 4.78 is 5.18. The van der Waals surface area contributed by atoms with Gasteiger partial charge >= 0.3 is 5.97 Å².